The monoisotopic (exact) mass is 350 g/mol. The fourth-order valence-corrected chi connectivity index (χ4v) is 3.22. The van der Waals surface area contributed by atoms with Gasteiger partial charge in [-0.2, -0.15) is 0 Å². The molecule has 0 aliphatic rings. The lowest BCUT2D eigenvalue weighted by atomic mass is 9.94. The second-order valence-electron chi connectivity index (χ2n) is 5.95. The Hall–Kier alpha value is -0.820. The first kappa shape index (κ1) is 21.2. The van der Waals surface area contributed by atoms with Crippen LogP contribution in [0.15, 0.2) is 29.2 Å². The van der Waals surface area contributed by atoms with E-state index in [2.05, 4.69) is 0 Å². The Labute approximate surface area is 140 Å². The first-order valence-corrected chi connectivity index (χ1v) is 8.56. The van der Waals surface area contributed by atoms with Crippen LogP contribution >= 0.6 is 12.4 Å². The van der Waals surface area contributed by atoms with E-state index < -0.39 is 10.0 Å². The van der Waals surface area contributed by atoms with Gasteiger partial charge in [0.15, 0.2) is 0 Å². The fourth-order valence-electron chi connectivity index (χ4n) is 1.86. The van der Waals surface area contributed by atoms with Crippen molar-refractivity contribution >= 4 is 22.4 Å². The van der Waals surface area contributed by atoms with Crippen LogP contribution in [-0.4, -0.2) is 39.5 Å². The summed E-state index contributed by atoms with van der Waals surface area (Å²) in [5.41, 5.74) is 5.41. The van der Waals surface area contributed by atoms with Gasteiger partial charge < -0.3 is 10.5 Å². The Kier molecular flexibility index (Phi) is 8.39. The minimum absolute atomic E-state index is 0. The molecule has 7 heteroatoms. The second-order valence-corrected chi connectivity index (χ2v) is 7.99. The van der Waals surface area contributed by atoms with Crippen LogP contribution in [-0.2, 0) is 10.0 Å². The SMILES string of the molecule is CCCOc1ccc(S(=O)(=O)N(C)CC(C)(C)CN)cc1.Cl. The molecule has 1 aromatic carbocycles. The molecule has 0 aromatic heterocycles. The molecule has 128 valence electrons. The quantitative estimate of drug-likeness (QED) is 0.781. The van der Waals surface area contributed by atoms with Crippen molar-refractivity contribution < 1.29 is 13.2 Å². The van der Waals surface area contributed by atoms with Crippen LogP contribution in [0.3, 0.4) is 0 Å². The number of nitrogens with zero attached hydrogens (tertiary/aromatic N) is 1. The van der Waals surface area contributed by atoms with Crippen molar-refractivity contribution in [3.05, 3.63) is 24.3 Å². The van der Waals surface area contributed by atoms with Crippen molar-refractivity contribution in [2.75, 3.05) is 26.7 Å². The zero-order valence-corrected chi connectivity index (χ0v) is 15.3. The van der Waals surface area contributed by atoms with E-state index in [0.29, 0.717) is 25.4 Å². The standard InChI is InChI=1S/C15H26N2O3S.ClH/c1-5-10-20-13-6-8-14(9-7-13)21(18,19)17(4)12-15(2,3)11-16;/h6-9H,5,10-12,16H2,1-4H3;1H. The first-order chi connectivity index (χ1) is 9.73. The summed E-state index contributed by atoms with van der Waals surface area (Å²) in [5.74, 6) is 0.681. The molecule has 5 nitrogen and oxygen atoms in total. The van der Waals surface area contributed by atoms with E-state index in [1.165, 1.54) is 4.31 Å². The van der Waals surface area contributed by atoms with E-state index in [4.69, 9.17) is 10.5 Å². The molecule has 0 fully saturated rings. The predicted molar refractivity (Wildman–Crippen MR) is 92.1 cm³/mol. The van der Waals surface area contributed by atoms with E-state index in [9.17, 15) is 8.42 Å². The molecular weight excluding hydrogens is 324 g/mol. The lowest BCUT2D eigenvalue weighted by molar-refractivity contribution is 0.292. The average Bonchev–Trinajstić information content (AvgIpc) is 2.45. The lowest BCUT2D eigenvalue weighted by Gasteiger charge is -2.28. The maximum absolute atomic E-state index is 12.5. The van der Waals surface area contributed by atoms with E-state index >= 15 is 0 Å². The zero-order valence-electron chi connectivity index (χ0n) is 13.7. The van der Waals surface area contributed by atoms with Crippen LogP contribution in [0.5, 0.6) is 5.75 Å². The molecule has 0 bridgehead atoms. The van der Waals surface area contributed by atoms with Crippen LogP contribution in [0.4, 0.5) is 0 Å². The molecule has 0 radical (unpaired) electrons. The molecule has 22 heavy (non-hydrogen) atoms. The molecule has 0 atom stereocenters. The third kappa shape index (κ3) is 5.76. The van der Waals surface area contributed by atoms with Gasteiger partial charge in [-0.25, -0.2) is 12.7 Å². The Balaban J connectivity index is 0.00000441. The number of benzene rings is 1. The van der Waals surface area contributed by atoms with Crippen molar-refractivity contribution in [3.63, 3.8) is 0 Å². The average molecular weight is 351 g/mol. The number of halogens is 1. The highest BCUT2D eigenvalue weighted by Gasteiger charge is 2.27. The van der Waals surface area contributed by atoms with E-state index in [-0.39, 0.29) is 22.7 Å². The van der Waals surface area contributed by atoms with Crippen LogP contribution in [0.1, 0.15) is 27.2 Å². The Bertz CT molecular complexity index is 544. The molecule has 0 aliphatic carbocycles. The van der Waals surface area contributed by atoms with Crippen LogP contribution in [0.2, 0.25) is 0 Å². The Morgan fingerprint density at radius 3 is 2.23 bits per heavy atom. The van der Waals surface area contributed by atoms with Crippen molar-refractivity contribution in [2.45, 2.75) is 32.1 Å². The highest BCUT2D eigenvalue weighted by atomic mass is 35.5. The molecule has 0 heterocycles. The molecule has 1 rings (SSSR count). The van der Waals surface area contributed by atoms with Gasteiger partial charge in [0.2, 0.25) is 10.0 Å². The molecule has 0 spiro atoms. The Morgan fingerprint density at radius 2 is 1.77 bits per heavy atom. The highest BCUT2D eigenvalue weighted by molar-refractivity contribution is 7.89. The van der Waals surface area contributed by atoms with Crippen LogP contribution in [0, 0.1) is 5.41 Å². The van der Waals surface area contributed by atoms with Crippen molar-refractivity contribution in [3.8, 4) is 5.75 Å². The van der Waals surface area contributed by atoms with Crippen molar-refractivity contribution in [1.29, 1.82) is 0 Å². The summed E-state index contributed by atoms with van der Waals surface area (Å²) < 4.78 is 31.8. The van der Waals surface area contributed by atoms with E-state index in [1.807, 2.05) is 20.8 Å². The van der Waals surface area contributed by atoms with Gasteiger partial charge in [-0.15, -0.1) is 12.4 Å². The third-order valence-corrected chi connectivity index (χ3v) is 5.03. The maximum Gasteiger partial charge on any atom is 0.242 e. The summed E-state index contributed by atoms with van der Waals surface area (Å²) in [6, 6.07) is 6.52. The fraction of sp³-hybridized carbons (Fsp3) is 0.600. The number of ether oxygens (including phenoxy) is 1. The van der Waals surface area contributed by atoms with Gasteiger partial charge in [0, 0.05) is 13.6 Å². The largest absolute Gasteiger partial charge is 0.494 e. The predicted octanol–water partition coefficient (Wildman–Crippen LogP) is 2.50. The van der Waals surface area contributed by atoms with E-state index in [0.717, 1.165) is 6.42 Å². The summed E-state index contributed by atoms with van der Waals surface area (Å²) in [5, 5.41) is 0. The summed E-state index contributed by atoms with van der Waals surface area (Å²) in [6.07, 6.45) is 0.914. The molecule has 0 saturated heterocycles. The lowest BCUT2D eigenvalue weighted by Crippen LogP contribution is -2.39. The number of hydrogen-bond donors (Lipinski definition) is 1. The molecule has 2 N–H and O–H groups in total. The highest BCUT2D eigenvalue weighted by Crippen LogP contribution is 2.22. The summed E-state index contributed by atoms with van der Waals surface area (Å²) in [7, 11) is -1.92. The molecule has 0 aliphatic heterocycles. The van der Waals surface area contributed by atoms with E-state index in [1.54, 1.807) is 31.3 Å². The molecule has 0 saturated carbocycles. The maximum atomic E-state index is 12.5. The molecule has 0 amide bonds. The molecule has 0 unspecified atom stereocenters. The van der Waals surface area contributed by atoms with Crippen molar-refractivity contribution in [2.24, 2.45) is 11.1 Å². The number of rotatable bonds is 8. The van der Waals surface area contributed by atoms with Gasteiger partial charge in [-0.05, 0) is 42.6 Å². The molecule has 1 aromatic rings. The smallest absolute Gasteiger partial charge is 0.242 e. The summed E-state index contributed by atoms with van der Waals surface area (Å²) >= 11 is 0. The number of sulfonamides is 1. The van der Waals surface area contributed by atoms with Crippen LogP contribution in [0.25, 0.3) is 0 Å². The van der Waals surface area contributed by atoms with Gasteiger partial charge in [-0.3, -0.25) is 0 Å². The summed E-state index contributed by atoms with van der Waals surface area (Å²) in [6.45, 7) is 7.33. The van der Waals surface area contributed by atoms with Gasteiger partial charge in [0.25, 0.3) is 0 Å². The summed E-state index contributed by atoms with van der Waals surface area (Å²) in [4.78, 5) is 0.265. The Morgan fingerprint density at radius 1 is 1.23 bits per heavy atom. The van der Waals surface area contributed by atoms with Gasteiger partial charge >= 0.3 is 0 Å². The van der Waals surface area contributed by atoms with Gasteiger partial charge in [-0.1, -0.05) is 20.8 Å². The van der Waals surface area contributed by atoms with Crippen molar-refractivity contribution in [1.82, 2.24) is 4.31 Å². The van der Waals surface area contributed by atoms with Gasteiger partial charge in [0.1, 0.15) is 5.75 Å². The minimum Gasteiger partial charge on any atom is -0.494 e. The minimum atomic E-state index is -3.50. The zero-order chi connectivity index (χ0) is 16.1. The van der Waals surface area contributed by atoms with Gasteiger partial charge in [0.05, 0.1) is 11.5 Å². The second kappa shape index (κ2) is 8.72. The molecular formula is C15H27ClN2O3S. The topological polar surface area (TPSA) is 72.6 Å². The number of hydrogen-bond acceptors (Lipinski definition) is 4. The third-order valence-electron chi connectivity index (χ3n) is 3.21. The first-order valence-electron chi connectivity index (χ1n) is 7.12. The normalized spacial score (nSPS) is 12.1. The number of nitrogens with two attached hydrogens (primary N) is 1. The van der Waals surface area contributed by atoms with Crippen LogP contribution < -0.4 is 10.5 Å².